The van der Waals surface area contributed by atoms with E-state index in [1.54, 1.807) is 32.1 Å². The number of hydrogen-bond donors (Lipinski definition) is 4. The maximum Gasteiger partial charge on any atom is 0.193 e. The lowest BCUT2D eigenvalue weighted by Crippen LogP contribution is -2.55. The van der Waals surface area contributed by atoms with Gasteiger partial charge in [0.05, 0.1) is 24.7 Å². The highest BCUT2D eigenvalue weighted by molar-refractivity contribution is 5.86. The minimum Gasteiger partial charge on any atom is -0.496 e. The molecule has 0 saturated carbocycles. The summed E-state index contributed by atoms with van der Waals surface area (Å²) in [5.74, 6) is 0.591. The van der Waals surface area contributed by atoms with Crippen LogP contribution in [0.4, 0.5) is 0 Å². The fraction of sp³-hybridized carbons (Fsp3) is 0.450. The summed E-state index contributed by atoms with van der Waals surface area (Å²) in [7, 11) is 1.42. The standard InChI is InChI=1S/C20H24O8/c1-4-5-10-7-11(22)14-9(2)6-12(26-3)15(19(14)27-10)20-18(25)17(24)16(23)13(8-21)28-20/h4-7,13,16-18,20-21,23-25H,8H2,1-3H3. The summed E-state index contributed by atoms with van der Waals surface area (Å²) in [5.41, 5.74) is 0.714. The van der Waals surface area contributed by atoms with Crippen LogP contribution in [0, 0.1) is 6.92 Å². The number of aliphatic hydroxyl groups is 4. The highest BCUT2D eigenvalue weighted by Crippen LogP contribution is 2.41. The first-order chi connectivity index (χ1) is 13.3. The molecule has 152 valence electrons. The van der Waals surface area contributed by atoms with Crippen molar-refractivity contribution in [2.75, 3.05) is 13.7 Å². The normalized spacial score (nSPS) is 28.2. The van der Waals surface area contributed by atoms with Gasteiger partial charge in [0.2, 0.25) is 0 Å². The van der Waals surface area contributed by atoms with E-state index in [-0.39, 0.29) is 22.3 Å². The van der Waals surface area contributed by atoms with E-state index in [4.69, 9.17) is 13.9 Å². The van der Waals surface area contributed by atoms with Crippen LogP contribution >= 0.6 is 0 Å². The van der Waals surface area contributed by atoms with Crippen LogP contribution in [-0.2, 0) is 4.74 Å². The van der Waals surface area contributed by atoms with Crippen molar-refractivity contribution in [2.24, 2.45) is 0 Å². The van der Waals surface area contributed by atoms with E-state index in [9.17, 15) is 25.2 Å². The summed E-state index contributed by atoms with van der Waals surface area (Å²) in [6.45, 7) is 2.94. The summed E-state index contributed by atoms with van der Waals surface area (Å²) in [4.78, 5) is 12.7. The third kappa shape index (κ3) is 3.34. The Morgan fingerprint density at radius 1 is 1.18 bits per heavy atom. The van der Waals surface area contributed by atoms with Crippen LogP contribution in [0.5, 0.6) is 5.75 Å². The van der Waals surface area contributed by atoms with Crippen molar-refractivity contribution in [3.63, 3.8) is 0 Å². The Hall–Kier alpha value is -2.23. The molecule has 1 aromatic carbocycles. The van der Waals surface area contributed by atoms with Crippen molar-refractivity contribution in [2.45, 2.75) is 44.4 Å². The van der Waals surface area contributed by atoms with Crippen LogP contribution in [0.25, 0.3) is 17.0 Å². The first-order valence-electron chi connectivity index (χ1n) is 8.92. The molecule has 1 aliphatic heterocycles. The van der Waals surface area contributed by atoms with Gasteiger partial charge in [0.15, 0.2) is 5.43 Å². The van der Waals surface area contributed by atoms with Gasteiger partial charge in [-0.05, 0) is 31.6 Å². The minimum absolute atomic E-state index is 0.154. The third-order valence-electron chi connectivity index (χ3n) is 4.95. The van der Waals surface area contributed by atoms with Crippen molar-refractivity contribution in [1.82, 2.24) is 0 Å². The van der Waals surface area contributed by atoms with E-state index in [0.717, 1.165) is 0 Å². The monoisotopic (exact) mass is 392 g/mol. The van der Waals surface area contributed by atoms with Crippen LogP contribution in [0.15, 0.2) is 27.4 Å². The quantitative estimate of drug-likeness (QED) is 0.597. The highest BCUT2D eigenvalue weighted by atomic mass is 16.5. The fourth-order valence-electron chi connectivity index (χ4n) is 3.56. The molecule has 1 saturated heterocycles. The zero-order valence-electron chi connectivity index (χ0n) is 15.8. The van der Waals surface area contributed by atoms with Crippen molar-refractivity contribution < 1.29 is 34.3 Å². The summed E-state index contributed by atoms with van der Waals surface area (Å²) < 4.78 is 17.0. The molecule has 4 N–H and O–H groups in total. The second-order valence-electron chi connectivity index (χ2n) is 6.78. The third-order valence-corrected chi connectivity index (χ3v) is 4.95. The van der Waals surface area contributed by atoms with E-state index in [0.29, 0.717) is 16.7 Å². The summed E-state index contributed by atoms with van der Waals surface area (Å²) in [5, 5.41) is 40.6. The molecule has 5 atom stereocenters. The molecule has 5 unspecified atom stereocenters. The van der Waals surface area contributed by atoms with E-state index >= 15 is 0 Å². The average Bonchev–Trinajstić information content (AvgIpc) is 2.66. The van der Waals surface area contributed by atoms with Gasteiger partial charge in [0, 0.05) is 6.07 Å². The Morgan fingerprint density at radius 3 is 2.50 bits per heavy atom. The molecule has 0 radical (unpaired) electrons. The zero-order valence-corrected chi connectivity index (χ0v) is 15.8. The SMILES string of the molecule is CC=Cc1cc(=O)c2c(C)cc(OC)c(C3OC(CO)C(O)C(O)C3O)c2o1. The highest BCUT2D eigenvalue weighted by Gasteiger charge is 2.46. The van der Waals surface area contributed by atoms with E-state index in [2.05, 4.69) is 0 Å². The lowest BCUT2D eigenvalue weighted by atomic mass is 9.89. The number of hydrogen-bond acceptors (Lipinski definition) is 8. The summed E-state index contributed by atoms with van der Waals surface area (Å²) >= 11 is 0. The van der Waals surface area contributed by atoms with Crippen molar-refractivity contribution in [3.8, 4) is 5.75 Å². The molecular formula is C20H24O8. The Bertz CT molecular complexity index is 945. The smallest absolute Gasteiger partial charge is 0.193 e. The minimum atomic E-state index is -1.57. The lowest BCUT2D eigenvalue weighted by Gasteiger charge is -2.40. The number of allylic oxidation sites excluding steroid dienone is 1. The van der Waals surface area contributed by atoms with Crippen molar-refractivity contribution in [1.29, 1.82) is 0 Å². The molecular weight excluding hydrogens is 368 g/mol. The molecule has 2 aromatic rings. The molecule has 0 amide bonds. The molecule has 1 aliphatic rings. The number of aliphatic hydroxyl groups excluding tert-OH is 4. The molecule has 8 nitrogen and oxygen atoms in total. The first kappa shape index (κ1) is 20.5. The Kier molecular flexibility index (Phi) is 5.87. The number of benzene rings is 1. The van der Waals surface area contributed by atoms with Gasteiger partial charge in [-0.1, -0.05) is 6.08 Å². The Labute approximate surface area is 161 Å². The number of rotatable bonds is 4. The predicted octanol–water partition coefficient (Wildman–Crippen LogP) is 0.658. The number of methoxy groups -OCH3 is 1. The van der Waals surface area contributed by atoms with Crippen LogP contribution < -0.4 is 10.2 Å². The molecule has 1 aromatic heterocycles. The lowest BCUT2D eigenvalue weighted by molar-refractivity contribution is -0.231. The van der Waals surface area contributed by atoms with Crippen molar-refractivity contribution >= 4 is 17.0 Å². The molecule has 2 heterocycles. The van der Waals surface area contributed by atoms with Crippen LogP contribution in [-0.4, -0.2) is 58.6 Å². The second kappa shape index (κ2) is 8.02. The molecule has 8 heteroatoms. The summed E-state index contributed by atoms with van der Waals surface area (Å²) in [6, 6.07) is 2.98. The molecule has 0 bridgehead atoms. The van der Waals surface area contributed by atoms with Gasteiger partial charge in [-0.2, -0.15) is 0 Å². The van der Waals surface area contributed by atoms with Gasteiger partial charge in [0.25, 0.3) is 0 Å². The van der Waals surface area contributed by atoms with E-state index < -0.39 is 37.1 Å². The first-order valence-corrected chi connectivity index (χ1v) is 8.92. The maximum absolute atomic E-state index is 12.7. The van der Waals surface area contributed by atoms with Gasteiger partial charge in [0.1, 0.15) is 47.6 Å². The van der Waals surface area contributed by atoms with Crippen LogP contribution in [0.3, 0.4) is 0 Å². The molecule has 28 heavy (non-hydrogen) atoms. The van der Waals surface area contributed by atoms with Gasteiger partial charge in [-0.15, -0.1) is 0 Å². The fourth-order valence-corrected chi connectivity index (χ4v) is 3.56. The van der Waals surface area contributed by atoms with Gasteiger partial charge in [-0.3, -0.25) is 4.79 Å². The number of ether oxygens (including phenoxy) is 2. The maximum atomic E-state index is 12.7. The molecule has 0 spiro atoms. The van der Waals surface area contributed by atoms with Crippen LogP contribution in [0.1, 0.15) is 29.9 Å². The predicted molar refractivity (Wildman–Crippen MR) is 101 cm³/mol. The van der Waals surface area contributed by atoms with Crippen molar-refractivity contribution in [3.05, 3.63) is 45.3 Å². The molecule has 3 rings (SSSR count). The van der Waals surface area contributed by atoms with E-state index in [1.165, 1.54) is 13.2 Å². The van der Waals surface area contributed by atoms with Crippen LogP contribution in [0.2, 0.25) is 0 Å². The second-order valence-corrected chi connectivity index (χ2v) is 6.78. The van der Waals surface area contributed by atoms with Gasteiger partial charge < -0.3 is 34.3 Å². The van der Waals surface area contributed by atoms with E-state index in [1.807, 2.05) is 0 Å². The van der Waals surface area contributed by atoms with Gasteiger partial charge >= 0.3 is 0 Å². The average molecular weight is 392 g/mol. The van der Waals surface area contributed by atoms with Gasteiger partial charge in [-0.25, -0.2) is 0 Å². The topological polar surface area (TPSA) is 130 Å². The zero-order chi connectivity index (χ0) is 20.6. The number of aryl methyl sites for hydroxylation is 1. The Balaban J connectivity index is 2.32. The largest absolute Gasteiger partial charge is 0.496 e. The molecule has 0 aliphatic carbocycles. The Morgan fingerprint density at radius 2 is 1.89 bits per heavy atom. The summed E-state index contributed by atoms with van der Waals surface area (Å²) in [6.07, 6.45) is -3.56. The molecule has 1 fully saturated rings. The number of fused-ring (bicyclic) bond motifs is 1.